The summed E-state index contributed by atoms with van der Waals surface area (Å²) in [6, 6.07) is 57.4. The highest BCUT2D eigenvalue weighted by Crippen LogP contribution is 2.38. The van der Waals surface area contributed by atoms with Crippen LogP contribution in [0.25, 0.3) is 121 Å². The first kappa shape index (κ1) is 32.4. The summed E-state index contributed by atoms with van der Waals surface area (Å²) < 4.78 is 0. The molecule has 0 amide bonds. The van der Waals surface area contributed by atoms with Gasteiger partial charge in [0.2, 0.25) is 0 Å². The lowest BCUT2D eigenvalue weighted by Crippen LogP contribution is -1.89. The van der Waals surface area contributed by atoms with E-state index in [2.05, 4.69) is 180 Å². The quantitative estimate of drug-likeness (QED) is 0.133. The third-order valence-corrected chi connectivity index (χ3v) is 11.9. The minimum Gasteiger partial charge on any atom is -0.252 e. The van der Waals surface area contributed by atoms with Crippen molar-refractivity contribution in [2.75, 3.05) is 0 Å². The molecular weight excluding hydrogens is 705 g/mol. The van der Waals surface area contributed by atoms with Crippen LogP contribution in [0.3, 0.4) is 0 Å². The maximum atomic E-state index is 4.77. The molecule has 10 aromatic carbocycles. The number of benzene rings is 10. The molecule has 2 aromatic heterocycles. The minimum atomic E-state index is 0.937. The van der Waals surface area contributed by atoms with Crippen molar-refractivity contribution < 1.29 is 0 Å². The van der Waals surface area contributed by atoms with Gasteiger partial charge in [0, 0.05) is 33.9 Å². The lowest BCUT2D eigenvalue weighted by atomic mass is 9.92. The van der Waals surface area contributed by atoms with E-state index in [0.717, 1.165) is 32.6 Å². The van der Waals surface area contributed by atoms with Crippen LogP contribution in [0.15, 0.2) is 183 Å². The van der Waals surface area contributed by atoms with Gasteiger partial charge in [-0.2, -0.15) is 10.2 Å². The van der Waals surface area contributed by atoms with Gasteiger partial charge in [-0.1, -0.05) is 133 Å². The van der Waals surface area contributed by atoms with Crippen LogP contribution in [0.2, 0.25) is 0 Å². The van der Waals surface area contributed by atoms with E-state index in [4.69, 9.17) is 9.97 Å². The van der Waals surface area contributed by atoms with Crippen molar-refractivity contribution in [3.8, 4) is 22.3 Å². The van der Waals surface area contributed by atoms with Crippen LogP contribution < -0.4 is 0 Å². The van der Waals surface area contributed by atoms with E-state index in [-0.39, 0.29) is 0 Å². The molecule has 0 fully saturated rings. The summed E-state index contributed by atoms with van der Waals surface area (Å²) in [5, 5.41) is 25.1. The first-order chi connectivity index (χ1) is 28.7. The minimum absolute atomic E-state index is 0.937. The first-order valence-corrected chi connectivity index (χ1v) is 19.6. The van der Waals surface area contributed by atoms with Crippen molar-refractivity contribution in [2.24, 2.45) is 0 Å². The second-order valence-electron chi connectivity index (χ2n) is 15.2. The Morgan fingerprint density at radius 3 is 1.29 bits per heavy atom. The van der Waals surface area contributed by atoms with E-state index in [1.807, 2.05) is 12.4 Å². The highest BCUT2D eigenvalue weighted by molar-refractivity contribution is 6.26. The number of fused-ring (bicyclic) bond motifs is 14. The van der Waals surface area contributed by atoms with Gasteiger partial charge in [-0.15, -0.1) is 0 Å². The lowest BCUT2D eigenvalue weighted by Gasteiger charge is -2.12. The van der Waals surface area contributed by atoms with Gasteiger partial charge in [0.25, 0.3) is 0 Å². The Bertz CT molecular complexity index is 3380. The molecule has 0 saturated carbocycles. The van der Waals surface area contributed by atoms with E-state index in [9.17, 15) is 0 Å². The molecule has 0 aliphatic rings. The van der Waals surface area contributed by atoms with E-state index in [1.165, 1.54) is 87.2 Å². The summed E-state index contributed by atoms with van der Waals surface area (Å²) in [6.07, 6.45) is 11.7. The van der Waals surface area contributed by atoms with Crippen LogP contribution in [-0.2, 0) is 0 Å². The van der Waals surface area contributed by atoms with Gasteiger partial charge >= 0.3 is 0 Å². The van der Waals surface area contributed by atoms with Crippen molar-refractivity contribution >= 4 is 98.6 Å². The number of hydrogen-bond acceptors (Lipinski definition) is 4. The summed E-state index contributed by atoms with van der Waals surface area (Å²) in [5.41, 5.74) is 8.94. The zero-order valence-corrected chi connectivity index (χ0v) is 31.3. The van der Waals surface area contributed by atoms with Gasteiger partial charge < -0.3 is 0 Å². The van der Waals surface area contributed by atoms with Crippen molar-refractivity contribution in [3.63, 3.8) is 0 Å². The molecule has 0 spiro atoms. The van der Waals surface area contributed by atoms with E-state index < -0.39 is 0 Å². The smallest absolute Gasteiger partial charge is 0.0971 e. The molecule has 0 atom stereocenters. The van der Waals surface area contributed by atoms with Gasteiger partial charge in [0.05, 0.1) is 23.4 Å². The molecule has 0 N–H and O–H groups in total. The molecule has 12 rings (SSSR count). The topological polar surface area (TPSA) is 51.6 Å². The maximum absolute atomic E-state index is 4.77. The van der Waals surface area contributed by atoms with Crippen LogP contribution in [0.4, 0.5) is 0 Å². The molecule has 0 bridgehead atoms. The summed E-state index contributed by atoms with van der Waals surface area (Å²) in [4.78, 5) is 9.50. The maximum Gasteiger partial charge on any atom is 0.0971 e. The van der Waals surface area contributed by atoms with Gasteiger partial charge in [0.1, 0.15) is 0 Å². The molecule has 2 heterocycles. The fourth-order valence-corrected chi connectivity index (χ4v) is 8.98. The number of nitrogens with zero attached hydrogens (tertiary/aromatic N) is 4. The zero-order valence-electron chi connectivity index (χ0n) is 31.3. The van der Waals surface area contributed by atoms with Gasteiger partial charge in [-0.05, 0) is 124 Å². The average molecular weight is 737 g/mol. The number of hydrogen-bond donors (Lipinski definition) is 0. The Balaban J connectivity index is 0.830. The molecule has 0 aliphatic carbocycles. The van der Waals surface area contributed by atoms with Crippen molar-refractivity contribution in [1.29, 1.82) is 0 Å². The molecule has 4 nitrogen and oxygen atoms in total. The van der Waals surface area contributed by atoms with Crippen molar-refractivity contribution in [1.82, 2.24) is 20.2 Å². The Hall–Kier alpha value is -7.82. The van der Waals surface area contributed by atoms with E-state index >= 15 is 0 Å². The monoisotopic (exact) mass is 736 g/mol. The molecule has 0 aliphatic heterocycles. The molecule has 12 aromatic rings. The summed E-state index contributed by atoms with van der Waals surface area (Å²) in [6.45, 7) is 0. The predicted octanol–water partition coefficient (Wildman–Crippen LogP) is 14.0. The van der Waals surface area contributed by atoms with Crippen molar-refractivity contribution in [2.45, 2.75) is 0 Å². The van der Waals surface area contributed by atoms with E-state index in [1.54, 1.807) is 12.4 Å². The second kappa shape index (κ2) is 12.9. The van der Waals surface area contributed by atoms with Gasteiger partial charge in [0.15, 0.2) is 0 Å². The van der Waals surface area contributed by atoms with Crippen LogP contribution in [-0.4, -0.2) is 20.2 Å². The number of rotatable bonds is 4. The first-order valence-electron chi connectivity index (χ1n) is 19.6. The summed E-state index contributed by atoms with van der Waals surface area (Å²) in [5.74, 6) is 0. The third-order valence-electron chi connectivity index (χ3n) is 11.9. The van der Waals surface area contributed by atoms with Crippen molar-refractivity contribution in [3.05, 3.63) is 194 Å². The Kier molecular flexibility index (Phi) is 7.20. The number of aromatic nitrogens is 4. The Morgan fingerprint density at radius 1 is 0.293 bits per heavy atom. The highest BCUT2D eigenvalue weighted by Gasteiger charge is 2.13. The van der Waals surface area contributed by atoms with Gasteiger partial charge in [-0.25, -0.2) is 0 Å². The summed E-state index contributed by atoms with van der Waals surface area (Å²) in [7, 11) is 0. The standard InChI is InChI=1S/C54H32N4/c1-2-7-45-43(5-1)46-21-19-41(29-49(46)52-32-58-57-31-51(45)52)39-17-15-35-25-33(11-13-37(35)27-39)9-10-34-12-14-38-28-40(18-16-36(38)26-34)42-20-22-47-44-6-3-4-8-48(44)53-54(50(47)30-42)56-24-23-55-53/h1-32H/b10-9+. The fourth-order valence-electron chi connectivity index (χ4n) is 8.98. The van der Waals surface area contributed by atoms with Crippen LogP contribution >= 0.6 is 0 Å². The molecule has 0 unspecified atom stereocenters. The second-order valence-corrected chi connectivity index (χ2v) is 15.2. The lowest BCUT2D eigenvalue weighted by molar-refractivity contribution is 1.05. The van der Waals surface area contributed by atoms with Crippen LogP contribution in [0.1, 0.15) is 11.1 Å². The normalized spacial score (nSPS) is 12.1. The van der Waals surface area contributed by atoms with Gasteiger partial charge in [-0.3, -0.25) is 9.97 Å². The van der Waals surface area contributed by atoms with Crippen LogP contribution in [0.5, 0.6) is 0 Å². The Labute approximate surface area is 333 Å². The molecule has 0 saturated heterocycles. The molecular formula is C54H32N4. The molecule has 0 radical (unpaired) electrons. The third kappa shape index (κ3) is 5.23. The summed E-state index contributed by atoms with van der Waals surface area (Å²) >= 11 is 0. The Morgan fingerprint density at radius 2 is 0.690 bits per heavy atom. The fraction of sp³-hybridized carbons (Fsp3) is 0. The molecule has 4 heteroatoms. The average Bonchev–Trinajstić information content (AvgIpc) is 3.30. The van der Waals surface area contributed by atoms with E-state index in [0.29, 0.717) is 0 Å². The largest absolute Gasteiger partial charge is 0.252 e. The molecule has 58 heavy (non-hydrogen) atoms. The predicted molar refractivity (Wildman–Crippen MR) is 244 cm³/mol. The SMILES string of the molecule is C(=C\c1ccc2cc(-c3ccc4c5ccccc5c5nccnc5c4c3)ccc2c1)/c1ccc2cc(-c3ccc4c5ccccc5c5cnncc5c4c3)ccc2c1. The zero-order chi connectivity index (χ0) is 38.2. The highest BCUT2D eigenvalue weighted by atomic mass is 15.1. The van der Waals surface area contributed by atoms with Crippen LogP contribution in [0, 0.1) is 0 Å². The molecule has 268 valence electrons.